The minimum absolute atomic E-state index is 0.00992. The van der Waals surface area contributed by atoms with Crippen LogP contribution < -0.4 is 21.5 Å². The Hall–Kier alpha value is -2.48. The van der Waals surface area contributed by atoms with E-state index in [1.807, 2.05) is 6.92 Å². The van der Waals surface area contributed by atoms with Crippen molar-refractivity contribution >= 4 is 40.7 Å². The number of benzene rings is 1. The molecule has 2 rings (SSSR count). The van der Waals surface area contributed by atoms with E-state index in [-0.39, 0.29) is 22.8 Å². The second kappa shape index (κ2) is 11.4. The molecule has 152 valence electrons. The zero-order chi connectivity index (χ0) is 20.4. The Bertz CT molecular complexity index is 700. The summed E-state index contributed by atoms with van der Waals surface area (Å²) < 4.78 is 0. The van der Waals surface area contributed by atoms with Crippen molar-refractivity contribution in [1.82, 2.24) is 16.2 Å². The van der Waals surface area contributed by atoms with Crippen LogP contribution in [-0.2, 0) is 9.59 Å². The van der Waals surface area contributed by atoms with Gasteiger partial charge < -0.3 is 10.6 Å². The smallest absolute Gasteiger partial charge is 0.269 e. The summed E-state index contributed by atoms with van der Waals surface area (Å²) in [5, 5.41) is 5.49. The molecule has 0 atom stereocenters. The maximum absolute atomic E-state index is 12.2. The first-order valence-corrected chi connectivity index (χ1v) is 10.2. The topological polar surface area (TPSA) is 99.3 Å². The number of hydrogen-bond donors (Lipinski definition) is 4. The Labute approximate surface area is 171 Å². The van der Waals surface area contributed by atoms with Crippen molar-refractivity contribution in [3.63, 3.8) is 0 Å². The molecule has 1 aliphatic carbocycles. The zero-order valence-corrected chi connectivity index (χ0v) is 17.0. The fourth-order valence-corrected chi connectivity index (χ4v) is 3.21. The standard InChI is InChI=1S/C20H28N4O3S/c1-2-3-9-17(25)21-16-12-10-15(11-13-16)19(27)23-24-20(28)22-18(26)14-7-5-4-6-8-14/h10-14H,2-9H2,1H3,(H,21,25)(H,23,27)(H2,22,24,26,28). The molecule has 0 spiro atoms. The van der Waals surface area contributed by atoms with Gasteiger partial charge in [-0.3, -0.25) is 25.2 Å². The summed E-state index contributed by atoms with van der Waals surface area (Å²) in [5.74, 6) is -0.545. The number of amides is 3. The van der Waals surface area contributed by atoms with E-state index in [4.69, 9.17) is 12.2 Å². The van der Waals surface area contributed by atoms with E-state index in [0.717, 1.165) is 38.5 Å². The molecule has 1 aliphatic rings. The van der Waals surface area contributed by atoms with Gasteiger partial charge in [-0.15, -0.1) is 0 Å². The normalized spacial score (nSPS) is 14.0. The fourth-order valence-electron chi connectivity index (χ4n) is 3.06. The molecule has 4 N–H and O–H groups in total. The van der Waals surface area contributed by atoms with E-state index in [2.05, 4.69) is 21.5 Å². The van der Waals surface area contributed by atoms with E-state index in [9.17, 15) is 14.4 Å². The van der Waals surface area contributed by atoms with Crippen molar-refractivity contribution in [1.29, 1.82) is 0 Å². The first-order valence-electron chi connectivity index (χ1n) is 9.80. The third-order valence-electron chi connectivity index (χ3n) is 4.69. The molecule has 3 amide bonds. The molecule has 1 aromatic carbocycles. The lowest BCUT2D eigenvalue weighted by Crippen LogP contribution is -2.49. The molecule has 0 saturated heterocycles. The lowest BCUT2D eigenvalue weighted by atomic mass is 9.89. The van der Waals surface area contributed by atoms with Gasteiger partial charge in [0.2, 0.25) is 11.8 Å². The summed E-state index contributed by atoms with van der Waals surface area (Å²) in [7, 11) is 0. The Morgan fingerprint density at radius 3 is 2.36 bits per heavy atom. The highest BCUT2D eigenvalue weighted by molar-refractivity contribution is 7.80. The van der Waals surface area contributed by atoms with E-state index >= 15 is 0 Å². The average molecular weight is 405 g/mol. The number of hydrogen-bond acceptors (Lipinski definition) is 4. The predicted octanol–water partition coefficient (Wildman–Crippen LogP) is 3.03. The van der Waals surface area contributed by atoms with Crippen LogP contribution in [0.3, 0.4) is 0 Å². The molecular formula is C20H28N4O3S. The number of hydrazine groups is 1. The number of rotatable bonds is 6. The summed E-state index contributed by atoms with van der Waals surface area (Å²) in [4.78, 5) is 36.0. The molecule has 1 aromatic rings. The molecule has 0 unspecified atom stereocenters. The maximum Gasteiger partial charge on any atom is 0.269 e. The van der Waals surface area contributed by atoms with Crippen molar-refractivity contribution in [3.05, 3.63) is 29.8 Å². The summed E-state index contributed by atoms with van der Waals surface area (Å²) in [6, 6.07) is 6.55. The third-order valence-corrected chi connectivity index (χ3v) is 4.89. The van der Waals surface area contributed by atoms with Crippen molar-refractivity contribution in [2.24, 2.45) is 5.92 Å². The van der Waals surface area contributed by atoms with Crippen LogP contribution in [-0.4, -0.2) is 22.8 Å². The van der Waals surface area contributed by atoms with Crippen LogP contribution in [0.5, 0.6) is 0 Å². The van der Waals surface area contributed by atoms with Gasteiger partial charge >= 0.3 is 0 Å². The highest BCUT2D eigenvalue weighted by Crippen LogP contribution is 2.23. The van der Waals surface area contributed by atoms with Crippen LogP contribution in [0.25, 0.3) is 0 Å². The second-order valence-corrected chi connectivity index (χ2v) is 7.37. The number of thiocarbonyl (C=S) groups is 1. The number of unbranched alkanes of at least 4 members (excludes halogenated alkanes) is 1. The Kier molecular flexibility index (Phi) is 8.87. The van der Waals surface area contributed by atoms with Crippen molar-refractivity contribution in [2.45, 2.75) is 58.3 Å². The largest absolute Gasteiger partial charge is 0.326 e. The molecular weight excluding hydrogens is 376 g/mol. The SMILES string of the molecule is CCCCC(=O)Nc1ccc(C(=O)NNC(=S)NC(=O)C2CCCCC2)cc1. The Morgan fingerprint density at radius 1 is 1.04 bits per heavy atom. The Balaban J connectivity index is 1.75. The molecule has 1 saturated carbocycles. The summed E-state index contributed by atoms with van der Waals surface area (Å²) in [6.45, 7) is 2.03. The third kappa shape index (κ3) is 7.26. The molecule has 0 aromatic heterocycles. The van der Waals surface area contributed by atoms with Gasteiger partial charge in [-0.1, -0.05) is 32.6 Å². The van der Waals surface area contributed by atoms with Crippen LogP contribution in [0.15, 0.2) is 24.3 Å². The van der Waals surface area contributed by atoms with Gasteiger partial charge in [0.25, 0.3) is 5.91 Å². The van der Waals surface area contributed by atoms with Crippen LogP contribution in [0.1, 0.15) is 68.6 Å². The quantitative estimate of drug-likeness (QED) is 0.431. The number of carbonyl (C=O) groups excluding carboxylic acids is 3. The minimum Gasteiger partial charge on any atom is -0.326 e. The maximum atomic E-state index is 12.2. The van der Waals surface area contributed by atoms with Gasteiger partial charge in [-0.25, -0.2) is 0 Å². The number of anilines is 1. The van der Waals surface area contributed by atoms with Gasteiger partial charge in [0, 0.05) is 23.6 Å². The van der Waals surface area contributed by atoms with E-state index < -0.39 is 5.91 Å². The lowest BCUT2D eigenvalue weighted by Gasteiger charge is -2.21. The predicted molar refractivity (Wildman–Crippen MR) is 113 cm³/mol. The summed E-state index contributed by atoms with van der Waals surface area (Å²) in [6.07, 6.45) is 7.33. The highest BCUT2D eigenvalue weighted by Gasteiger charge is 2.21. The average Bonchev–Trinajstić information content (AvgIpc) is 2.71. The van der Waals surface area contributed by atoms with Crippen LogP contribution in [0.4, 0.5) is 5.69 Å². The molecule has 7 nitrogen and oxygen atoms in total. The van der Waals surface area contributed by atoms with Crippen LogP contribution in [0, 0.1) is 5.92 Å². The van der Waals surface area contributed by atoms with Crippen molar-refractivity contribution in [2.75, 3.05) is 5.32 Å². The number of nitrogens with one attached hydrogen (secondary N) is 4. The van der Waals surface area contributed by atoms with Gasteiger partial charge in [-0.05, 0) is 55.7 Å². The van der Waals surface area contributed by atoms with Gasteiger partial charge in [0.15, 0.2) is 5.11 Å². The van der Waals surface area contributed by atoms with Gasteiger partial charge in [-0.2, -0.15) is 0 Å². The van der Waals surface area contributed by atoms with Gasteiger partial charge in [0.1, 0.15) is 0 Å². The molecule has 0 aliphatic heterocycles. The number of carbonyl (C=O) groups is 3. The fraction of sp³-hybridized carbons (Fsp3) is 0.500. The van der Waals surface area contributed by atoms with E-state index in [1.165, 1.54) is 6.42 Å². The van der Waals surface area contributed by atoms with Crippen molar-refractivity contribution in [3.8, 4) is 0 Å². The molecule has 0 radical (unpaired) electrons. The minimum atomic E-state index is -0.391. The van der Waals surface area contributed by atoms with Gasteiger partial charge in [0.05, 0.1) is 0 Å². The van der Waals surface area contributed by atoms with Crippen LogP contribution >= 0.6 is 12.2 Å². The second-order valence-electron chi connectivity index (χ2n) is 6.96. The molecule has 0 bridgehead atoms. The first-order chi connectivity index (χ1) is 13.5. The van der Waals surface area contributed by atoms with E-state index in [0.29, 0.717) is 17.7 Å². The molecule has 28 heavy (non-hydrogen) atoms. The zero-order valence-electron chi connectivity index (χ0n) is 16.2. The highest BCUT2D eigenvalue weighted by atomic mass is 32.1. The molecule has 0 heterocycles. The summed E-state index contributed by atoms with van der Waals surface area (Å²) in [5.41, 5.74) is 6.06. The monoisotopic (exact) mass is 404 g/mol. The summed E-state index contributed by atoms with van der Waals surface area (Å²) >= 11 is 5.07. The van der Waals surface area contributed by atoms with E-state index in [1.54, 1.807) is 24.3 Å². The van der Waals surface area contributed by atoms with Crippen molar-refractivity contribution < 1.29 is 14.4 Å². The molecule has 8 heteroatoms. The first kappa shape index (κ1) is 21.8. The Morgan fingerprint density at radius 2 is 1.71 bits per heavy atom. The van der Waals surface area contributed by atoms with Crippen LogP contribution in [0.2, 0.25) is 0 Å². The lowest BCUT2D eigenvalue weighted by molar-refractivity contribution is -0.124. The molecule has 1 fully saturated rings.